The van der Waals surface area contributed by atoms with Crippen LogP contribution in [0, 0.1) is 0 Å². The van der Waals surface area contributed by atoms with E-state index in [0.717, 1.165) is 37.2 Å². The molecule has 1 rings (SSSR count). The van der Waals surface area contributed by atoms with Gasteiger partial charge in [0.2, 0.25) is 0 Å². The van der Waals surface area contributed by atoms with Crippen LogP contribution < -0.4 is 4.74 Å². The van der Waals surface area contributed by atoms with Crippen molar-refractivity contribution in [2.75, 3.05) is 19.7 Å². The highest BCUT2D eigenvalue weighted by Gasteiger charge is 2.36. The second-order valence-corrected chi connectivity index (χ2v) is 5.50. The molecule has 0 aliphatic carbocycles. The Morgan fingerprint density at radius 2 is 1.67 bits per heavy atom. The highest BCUT2D eigenvalue weighted by molar-refractivity contribution is 6.03. The zero-order chi connectivity index (χ0) is 15.9. The average Bonchev–Trinajstić information content (AvgIpc) is 2.53. The molecule has 0 bridgehead atoms. The number of likely N-dealkylation sites (N-methyl/N-ethyl adjacent to an activating group) is 1. The number of Topliss-reactive ketones (excluding diaryl/α,β-unsaturated/α-hetero) is 1. The molecule has 1 atom stereocenters. The molecular weight excluding hydrogens is 262 g/mol. The summed E-state index contributed by atoms with van der Waals surface area (Å²) >= 11 is 0. The highest BCUT2D eigenvalue weighted by atomic mass is 16.5. The fourth-order valence-electron chi connectivity index (χ4n) is 2.68. The predicted molar refractivity (Wildman–Crippen MR) is 88.2 cm³/mol. The van der Waals surface area contributed by atoms with Crippen molar-refractivity contribution in [1.82, 2.24) is 4.90 Å². The number of nitrogens with zero attached hydrogens (tertiary/aromatic N) is 1. The Balaban J connectivity index is 2.94. The minimum atomic E-state index is -0.435. The lowest BCUT2D eigenvalue weighted by atomic mass is 9.86. The summed E-state index contributed by atoms with van der Waals surface area (Å²) in [5, 5.41) is 0. The van der Waals surface area contributed by atoms with E-state index in [1.165, 1.54) is 0 Å². The van der Waals surface area contributed by atoms with E-state index < -0.39 is 5.54 Å². The molecule has 0 amide bonds. The molecule has 0 spiro atoms. The van der Waals surface area contributed by atoms with E-state index in [2.05, 4.69) is 32.6 Å². The molecule has 0 radical (unpaired) electrons. The maximum absolute atomic E-state index is 12.9. The number of carbonyl (C=O) groups is 1. The Labute approximate surface area is 129 Å². The standard InChI is InChI=1S/C18H29NO2/c1-6-14-21-16-12-10-15(11-13-16)17(20)18(5,7-2)19(8-3)9-4/h10-13H,6-9,14H2,1-5H3. The van der Waals surface area contributed by atoms with E-state index in [1.54, 1.807) is 0 Å². The van der Waals surface area contributed by atoms with Crippen molar-refractivity contribution in [3.05, 3.63) is 29.8 Å². The molecule has 3 heteroatoms. The number of rotatable bonds is 9. The molecule has 0 fully saturated rings. The third-order valence-corrected chi connectivity index (χ3v) is 4.23. The third kappa shape index (κ3) is 4.07. The van der Waals surface area contributed by atoms with Gasteiger partial charge in [-0.2, -0.15) is 0 Å². The Kier molecular flexibility index (Phi) is 6.90. The molecule has 0 aromatic heterocycles. The molecule has 0 aliphatic heterocycles. The molecule has 0 saturated carbocycles. The van der Waals surface area contributed by atoms with Gasteiger partial charge in [-0.3, -0.25) is 9.69 Å². The van der Waals surface area contributed by atoms with Crippen LogP contribution in [0.2, 0.25) is 0 Å². The molecule has 118 valence electrons. The normalized spacial score (nSPS) is 14.0. The Morgan fingerprint density at radius 1 is 1.10 bits per heavy atom. The molecule has 21 heavy (non-hydrogen) atoms. The van der Waals surface area contributed by atoms with E-state index >= 15 is 0 Å². The van der Waals surface area contributed by atoms with Crippen LogP contribution >= 0.6 is 0 Å². The lowest BCUT2D eigenvalue weighted by Gasteiger charge is -2.38. The van der Waals surface area contributed by atoms with Crippen molar-refractivity contribution < 1.29 is 9.53 Å². The smallest absolute Gasteiger partial charge is 0.182 e. The molecule has 1 aromatic carbocycles. The average molecular weight is 291 g/mol. The number of benzene rings is 1. The molecular formula is C18H29NO2. The van der Waals surface area contributed by atoms with Crippen molar-refractivity contribution in [1.29, 1.82) is 0 Å². The molecule has 1 aromatic rings. The summed E-state index contributed by atoms with van der Waals surface area (Å²) in [6.07, 6.45) is 1.79. The number of ether oxygens (including phenoxy) is 1. The maximum Gasteiger partial charge on any atom is 0.182 e. The topological polar surface area (TPSA) is 29.5 Å². The van der Waals surface area contributed by atoms with Gasteiger partial charge in [-0.05, 0) is 57.1 Å². The van der Waals surface area contributed by atoms with Gasteiger partial charge in [0, 0.05) is 5.56 Å². The molecule has 0 aliphatic rings. The summed E-state index contributed by atoms with van der Waals surface area (Å²) < 4.78 is 5.57. The number of carbonyl (C=O) groups excluding carboxylic acids is 1. The summed E-state index contributed by atoms with van der Waals surface area (Å²) in [6.45, 7) is 12.9. The summed E-state index contributed by atoms with van der Waals surface area (Å²) in [5.74, 6) is 1.02. The van der Waals surface area contributed by atoms with Crippen LogP contribution in [0.5, 0.6) is 5.75 Å². The van der Waals surface area contributed by atoms with Crippen molar-refractivity contribution in [3.63, 3.8) is 0 Å². The van der Waals surface area contributed by atoms with Gasteiger partial charge in [-0.15, -0.1) is 0 Å². The van der Waals surface area contributed by atoms with Crippen LogP contribution in [-0.2, 0) is 0 Å². The van der Waals surface area contributed by atoms with E-state index in [4.69, 9.17) is 4.74 Å². The summed E-state index contributed by atoms with van der Waals surface area (Å²) in [6, 6.07) is 7.54. The quantitative estimate of drug-likeness (QED) is 0.640. The van der Waals surface area contributed by atoms with Crippen molar-refractivity contribution in [2.45, 2.75) is 53.0 Å². The SMILES string of the molecule is CCCOc1ccc(C(=O)C(C)(CC)N(CC)CC)cc1. The second kappa shape index (κ2) is 8.18. The van der Waals surface area contributed by atoms with Gasteiger partial charge in [0.1, 0.15) is 5.75 Å². The van der Waals surface area contributed by atoms with Gasteiger partial charge in [0.05, 0.1) is 12.1 Å². The van der Waals surface area contributed by atoms with Crippen LogP contribution in [0.15, 0.2) is 24.3 Å². The van der Waals surface area contributed by atoms with Gasteiger partial charge < -0.3 is 4.74 Å². The molecule has 1 unspecified atom stereocenters. The van der Waals surface area contributed by atoms with Gasteiger partial charge in [0.25, 0.3) is 0 Å². The van der Waals surface area contributed by atoms with Crippen LogP contribution in [0.25, 0.3) is 0 Å². The minimum Gasteiger partial charge on any atom is -0.494 e. The first-order valence-electron chi connectivity index (χ1n) is 8.06. The number of ketones is 1. The first kappa shape index (κ1) is 17.7. The van der Waals surface area contributed by atoms with Crippen LogP contribution in [-0.4, -0.2) is 35.9 Å². The number of hydrogen-bond acceptors (Lipinski definition) is 3. The molecule has 3 nitrogen and oxygen atoms in total. The first-order valence-corrected chi connectivity index (χ1v) is 8.06. The van der Waals surface area contributed by atoms with Crippen LogP contribution in [0.4, 0.5) is 0 Å². The fourth-order valence-corrected chi connectivity index (χ4v) is 2.68. The summed E-state index contributed by atoms with van der Waals surface area (Å²) in [4.78, 5) is 15.1. The van der Waals surface area contributed by atoms with Crippen molar-refractivity contribution in [3.8, 4) is 5.75 Å². The van der Waals surface area contributed by atoms with E-state index in [0.29, 0.717) is 6.61 Å². The van der Waals surface area contributed by atoms with Crippen LogP contribution in [0.3, 0.4) is 0 Å². The van der Waals surface area contributed by atoms with Crippen molar-refractivity contribution >= 4 is 5.78 Å². The van der Waals surface area contributed by atoms with Gasteiger partial charge in [0.15, 0.2) is 5.78 Å². The van der Waals surface area contributed by atoms with Crippen LogP contribution in [0.1, 0.15) is 57.8 Å². The number of hydrogen-bond donors (Lipinski definition) is 0. The van der Waals surface area contributed by atoms with E-state index in [-0.39, 0.29) is 5.78 Å². The zero-order valence-corrected chi connectivity index (χ0v) is 14.1. The van der Waals surface area contributed by atoms with Gasteiger partial charge in [-0.1, -0.05) is 27.7 Å². The monoisotopic (exact) mass is 291 g/mol. The Bertz CT molecular complexity index is 437. The van der Waals surface area contributed by atoms with Gasteiger partial charge in [-0.25, -0.2) is 0 Å². The van der Waals surface area contributed by atoms with E-state index in [1.807, 2.05) is 31.2 Å². The lowest BCUT2D eigenvalue weighted by Crippen LogP contribution is -2.51. The summed E-state index contributed by atoms with van der Waals surface area (Å²) in [7, 11) is 0. The lowest BCUT2D eigenvalue weighted by molar-refractivity contribution is 0.0608. The Hall–Kier alpha value is -1.35. The van der Waals surface area contributed by atoms with Crippen molar-refractivity contribution in [2.24, 2.45) is 0 Å². The largest absolute Gasteiger partial charge is 0.494 e. The molecule has 0 heterocycles. The molecule has 0 N–H and O–H groups in total. The predicted octanol–water partition coefficient (Wildman–Crippen LogP) is 4.17. The molecule has 0 saturated heterocycles. The minimum absolute atomic E-state index is 0.191. The zero-order valence-electron chi connectivity index (χ0n) is 14.1. The summed E-state index contributed by atoms with van der Waals surface area (Å²) in [5.41, 5.74) is 0.324. The fraction of sp³-hybridized carbons (Fsp3) is 0.611. The van der Waals surface area contributed by atoms with Gasteiger partial charge >= 0.3 is 0 Å². The van der Waals surface area contributed by atoms with E-state index in [9.17, 15) is 4.79 Å². The Morgan fingerprint density at radius 3 is 2.10 bits per heavy atom. The third-order valence-electron chi connectivity index (χ3n) is 4.23. The first-order chi connectivity index (χ1) is 10.0. The highest BCUT2D eigenvalue weighted by Crippen LogP contribution is 2.25. The second-order valence-electron chi connectivity index (χ2n) is 5.50. The maximum atomic E-state index is 12.9.